The van der Waals surface area contributed by atoms with Crippen molar-refractivity contribution in [3.8, 4) is 22.8 Å². The van der Waals surface area contributed by atoms with Gasteiger partial charge in [0.1, 0.15) is 11.5 Å². The van der Waals surface area contributed by atoms with E-state index in [-0.39, 0.29) is 5.91 Å². The summed E-state index contributed by atoms with van der Waals surface area (Å²) >= 11 is 2.95. The molecule has 0 unspecified atom stereocenters. The van der Waals surface area contributed by atoms with Gasteiger partial charge in [0.05, 0.1) is 25.2 Å². The highest BCUT2D eigenvalue weighted by molar-refractivity contribution is 8.00. The smallest absolute Gasteiger partial charge is 0.236 e. The van der Waals surface area contributed by atoms with E-state index >= 15 is 0 Å². The number of carbonyl (C=O) groups excluding carboxylic acids is 1. The molecular formula is C21H22N2O3S2. The van der Waals surface area contributed by atoms with Gasteiger partial charge in [-0.15, -0.1) is 23.1 Å². The highest BCUT2D eigenvalue weighted by atomic mass is 32.2. The van der Waals surface area contributed by atoms with Gasteiger partial charge in [-0.25, -0.2) is 4.98 Å². The maximum absolute atomic E-state index is 12.3. The van der Waals surface area contributed by atoms with Crippen molar-refractivity contribution in [2.75, 3.05) is 24.8 Å². The molecule has 0 radical (unpaired) electrons. The van der Waals surface area contributed by atoms with Crippen LogP contribution < -0.4 is 14.8 Å². The maximum Gasteiger partial charge on any atom is 0.236 e. The van der Waals surface area contributed by atoms with Gasteiger partial charge in [0, 0.05) is 15.3 Å². The van der Waals surface area contributed by atoms with Gasteiger partial charge in [0.25, 0.3) is 0 Å². The van der Waals surface area contributed by atoms with Gasteiger partial charge < -0.3 is 14.8 Å². The summed E-state index contributed by atoms with van der Waals surface area (Å²) in [6.45, 7) is 4.60. The molecule has 0 spiro atoms. The predicted octanol–water partition coefficient (Wildman–Crippen LogP) is 5.26. The molecule has 0 fully saturated rings. The van der Waals surface area contributed by atoms with Crippen LogP contribution in [0.2, 0.25) is 0 Å². The number of hydrogen-bond acceptors (Lipinski definition) is 6. The van der Waals surface area contributed by atoms with E-state index in [0.29, 0.717) is 17.5 Å². The SMILES string of the molecule is CCOc1ccc(-c2nc(NC(=O)CSc3ccc(OC)cc3)sc2C)cc1. The van der Waals surface area contributed by atoms with Crippen molar-refractivity contribution < 1.29 is 14.3 Å². The number of rotatable bonds is 8. The second-order valence-corrected chi connectivity index (χ2v) is 8.15. The third-order valence-electron chi connectivity index (χ3n) is 3.91. The van der Waals surface area contributed by atoms with Crippen LogP contribution in [0, 0.1) is 6.92 Å². The average Bonchev–Trinajstić information content (AvgIpc) is 3.07. The zero-order chi connectivity index (χ0) is 19.9. The van der Waals surface area contributed by atoms with Crippen LogP contribution >= 0.6 is 23.1 Å². The lowest BCUT2D eigenvalue weighted by Crippen LogP contribution is -2.13. The summed E-state index contributed by atoms with van der Waals surface area (Å²) < 4.78 is 10.6. The predicted molar refractivity (Wildman–Crippen MR) is 116 cm³/mol. The largest absolute Gasteiger partial charge is 0.497 e. The first-order valence-corrected chi connectivity index (χ1v) is 10.7. The Balaban J connectivity index is 1.59. The quantitative estimate of drug-likeness (QED) is 0.510. The Morgan fingerprint density at radius 3 is 2.43 bits per heavy atom. The van der Waals surface area contributed by atoms with Gasteiger partial charge in [-0.2, -0.15) is 0 Å². The third-order valence-corrected chi connectivity index (χ3v) is 5.81. The summed E-state index contributed by atoms with van der Waals surface area (Å²) in [6.07, 6.45) is 0. The van der Waals surface area contributed by atoms with E-state index in [1.807, 2.05) is 62.4 Å². The Bertz CT molecular complexity index is 922. The van der Waals surface area contributed by atoms with Crippen molar-refractivity contribution >= 4 is 34.1 Å². The number of thiazole rings is 1. The molecule has 0 saturated carbocycles. The van der Waals surface area contributed by atoms with Gasteiger partial charge in [0.2, 0.25) is 5.91 Å². The molecule has 7 heteroatoms. The fraction of sp³-hybridized carbons (Fsp3) is 0.238. The molecule has 1 heterocycles. The fourth-order valence-electron chi connectivity index (χ4n) is 2.57. The number of nitrogens with zero attached hydrogens (tertiary/aromatic N) is 1. The second kappa shape index (κ2) is 9.61. The summed E-state index contributed by atoms with van der Waals surface area (Å²) in [6, 6.07) is 15.5. The number of anilines is 1. The van der Waals surface area contributed by atoms with E-state index in [4.69, 9.17) is 9.47 Å². The molecule has 1 amide bonds. The summed E-state index contributed by atoms with van der Waals surface area (Å²) in [4.78, 5) is 18.9. The molecule has 0 aliphatic carbocycles. The minimum Gasteiger partial charge on any atom is -0.497 e. The fourth-order valence-corrected chi connectivity index (χ4v) is 4.12. The van der Waals surface area contributed by atoms with Crippen LogP contribution in [0.25, 0.3) is 11.3 Å². The van der Waals surface area contributed by atoms with Crippen LogP contribution in [0.3, 0.4) is 0 Å². The molecule has 3 aromatic rings. The summed E-state index contributed by atoms with van der Waals surface area (Å²) in [5, 5.41) is 3.51. The molecule has 5 nitrogen and oxygen atoms in total. The number of nitrogens with one attached hydrogen (secondary N) is 1. The summed E-state index contributed by atoms with van der Waals surface area (Å²) in [5.74, 6) is 1.88. The van der Waals surface area contributed by atoms with Gasteiger partial charge in [-0.1, -0.05) is 0 Å². The van der Waals surface area contributed by atoms with Crippen molar-refractivity contribution in [3.05, 3.63) is 53.4 Å². The average molecular weight is 415 g/mol. The number of aromatic nitrogens is 1. The standard InChI is InChI=1S/C21H22N2O3S2/c1-4-26-17-7-5-15(6-8-17)20-14(2)28-21(23-20)22-19(24)13-27-18-11-9-16(25-3)10-12-18/h5-12H,4,13H2,1-3H3,(H,22,23,24). The van der Waals surface area contributed by atoms with Crippen molar-refractivity contribution in [1.82, 2.24) is 4.98 Å². The minimum absolute atomic E-state index is 0.0761. The maximum atomic E-state index is 12.3. The molecule has 2 aromatic carbocycles. The van der Waals surface area contributed by atoms with E-state index in [1.54, 1.807) is 7.11 Å². The Labute approximate surface area is 173 Å². The van der Waals surface area contributed by atoms with E-state index in [2.05, 4.69) is 10.3 Å². The van der Waals surface area contributed by atoms with Crippen LogP contribution in [0.5, 0.6) is 11.5 Å². The first-order chi connectivity index (χ1) is 13.6. The topological polar surface area (TPSA) is 60.5 Å². The number of ether oxygens (including phenoxy) is 2. The lowest BCUT2D eigenvalue weighted by Gasteiger charge is -2.04. The first kappa shape index (κ1) is 20.2. The van der Waals surface area contributed by atoms with Crippen molar-refractivity contribution in [2.24, 2.45) is 0 Å². The van der Waals surface area contributed by atoms with Crippen LogP contribution in [0.1, 0.15) is 11.8 Å². The van der Waals surface area contributed by atoms with Crippen LogP contribution in [-0.2, 0) is 4.79 Å². The molecule has 0 bridgehead atoms. The van der Waals surface area contributed by atoms with Crippen molar-refractivity contribution in [1.29, 1.82) is 0 Å². The number of carbonyl (C=O) groups is 1. The Kier molecular flexibility index (Phi) is 6.95. The zero-order valence-electron chi connectivity index (χ0n) is 16.0. The molecule has 28 heavy (non-hydrogen) atoms. The van der Waals surface area contributed by atoms with E-state index in [9.17, 15) is 4.79 Å². The van der Waals surface area contributed by atoms with Crippen LogP contribution in [0.4, 0.5) is 5.13 Å². The number of amides is 1. The van der Waals surface area contributed by atoms with Gasteiger partial charge in [-0.3, -0.25) is 4.79 Å². The monoisotopic (exact) mass is 414 g/mol. The molecular weight excluding hydrogens is 392 g/mol. The van der Waals surface area contributed by atoms with Crippen LogP contribution in [0.15, 0.2) is 53.4 Å². The number of benzene rings is 2. The van der Waals surface area contributed by atoms with Crippen LogP contribution in [-0.4, -0.2) is 30.4 Å². The van der Waals surface area contributed by atoms with Gasteiger partial charge in [0.15, 0.2) is 5.13 Å². The Morgan fingerprint density at radius 2 is 1.79 bits per heavy atom. The number of methoxy groups -OCH3 is 1. The molecule has 3 rings (SSSR count). The number of hydrogen-bond donors (Lipinski definition) is 1. The van der Waals surface area contributed by atoms with Gasteiger partial charge in [-0.05, 0) is 62.4 Å². The summed E-state index contributed by atoms with van der Waals surface area (Å²) in [5.41, 5.74) is 1.89. The molecule has 0 saturated heterocycles. The highest BCUT2D eigenvalue weighted by Gasteiger charge is 2.12. The zero-order valence-corrected chi connectivity index (χ0v) is 17.7. The van der Waals surface area contributed by atoms with E-state index < -0.39 is 0 Å². The number of thioether (sulfide) groups is 1. The molecule has 1 N–H and O–H groups in total. The van der Waals surface area contributed by atoms with E-state index in [1.165, 1.54) is 23.1 Å². The highest BCUT2D eigenvalue weighted by Crippen LogP contribution is 2.31. The second-order valence-electron chi connectivity index (χ2n) is 5.89. The van der Waals surface area contributed by atoms with E-state index in [0.717, 1.165) is 32.5 Å². The van der Waals surface area contributed by atoms with Gasteiger partial charge >= 0.3 is 0 Å². The first-order valence-electron chi connectivity index (χ1n) is 8.86. The molecule has 0 aliphatic heterocycles. The lowest BCUT2D eigenvalue weighted by molar-refractivity contribution is -0.113. The Morgan fingerprint density at radius 1 is 1.11 bits per heavy atom. The minimum atomic E-state index is -0.0761. The Hall–Kier alpha value is -2.51. The third kappa shape index (κ3) is 5.27. The molecule has 1 aromatic heterocycles. The van der Waals surface area contributed by atoms with Crippen molar-refractivity contribution in [2.45, 2.75) is 18.7 Å². The number of aryl methyl sites for hydroxylation is 1. The summed E-state index contributed by atoms with van der Waals surface area (Å²) in [7, 11) is 1.63. The van der Waals surface area contributed by atoms with Crippen molar-refractivity contribution in [3.63, 3.8) is 0 Å². The molecule has 0 aliphatic rings. The normalized spacial score (nSPS) is 10.5. The lowest BCUT2D eigenvalue weighted by atomic mass is 10.1. The molecule has 0 atom stereocenters. The molecule has 146 valence electrons.